The van der Waals surface area contributed by atoms with E-state index in [2.05, 4.69) is 0 Å². The zero-order valence-corrected chi connectivity index (χ0v) is 10.8. The van der Waals surface area contributed by atoms with Crippen LogP contribution in [-0.4, -0.2) is 17.6 Å². The van der Waals surface area contributed by atoms with Crippen molar-refractivity contribution in [2.45, 2.75) is 59.7 Å². The Bertz CT molecular complexity index is 210. The van der Waals surface area contributed by atoms with Crippen LogP contribution < -0.4 is 5.32 Å². The van der Waals surface area contributed by atoms with Crippen molar-refractivity contribution in [3.63, 3.8) is 0 Å². The first-order chi connectivity index (χ1) is 7.04. The van der Waals surface area contributed by atoms with Crippen LogP contribution in [0.25, 0.3) is 0 Å². The van der Waals surface area contributed by atoms with Crippen molar-refractivity contribution < 1.29 is 18.0 Å². The molecule has 98 valence electrons. The third kappa shape index (κ3) is 8.56. The SMILES string of the molecule is CC.CC(C)CC(C)(C)NC(=O)C(F)(F)F. The Labute approximate surface area is 95.6 Å². The molecule has 0 aromatic heterocycles. The van der Waals surface area contributed by atoms with Gasteiger partial charge in [-0.2, -0.15) is 13.2 Å². The molecule has 0 atom stereocenters. The van der Waals surface area contributed by atoms with E-state index in [9.17, 15) is 18.0 Å². The molecule has 0 aliphatic heterocycles. The van der Waals surface area contributed by atoms with Gasteiger partial charge in [-0.05, 0) is 26.2 Å². The van der Waals surface area contributed by atoms with Gasteiger partial charge in [-0.1, -0.05) is 27.7 Å². The van der Waals surface area contributed by atoms with Crippen molar-refractivity contribution in [2.24, 2.45) is 5.92 Å². The van der Waals surface area contributed by atoms with Crippen LogP contribution in [0, 0.1) is 5.92 Å². The Balaban J connectivity index is 0. The maximum atomic E-state index is 11.9. The molecule has 0 heterocycles. The van der Waals surface area contributed by atoms with Gasteiger partial charge >= 0.3 is 12.1 Å². The van der Waals surface area contributed by atoms with Gasteiger partial charge in [0.05, 0.1) is 0 Å². The molecule has 0 aliphatic rings. The Morgan fingerprint density at radius 3 is 1.81 bits per heavy atom. The van der Waals surface area contributed by atoms with Gasteiger partial charge in [-0.25, -0.2) is 0 Å². The van der Waals surface area contributed by atoms with E-state index in [0.29, 0.717) is 6.42 Å². The van der Waals surface area contributed by atoms with Gasteiger partial charge in [0.25, 0.3) is 0 Å². The molecule has 0 unspecified atom stereocenters. The highest BCUT2D eigenvalue weighted by Crippen LogP contribution is 2.20. The summed E-state index contributed by atoms with van der Waals surface area (Å²) in [6.45, 7) is 10.9. The van der Waals surface area contributed by atoms with E-state index in [1.54, 1.807) is 13.8 Å². The van der Waals surface area contributed by atoms with E-state index in [1.165, 1.54) is 0 Å². The van der Waals surface area contributed by atoms with Crippen molar-refractivity contribution >= 4 is 5.91 Å². The summed E-state index contributed by atoms with van der Waals surface area (Å²) in [5, 5.41) is 1.96. The third-order valence-corrected chi connectivity index (χ3v) is 1.63. The second-order valence-corrected chi connectivity index (χ2v) is 4.43. The van der Waals surface area contributed by atoms with E-state index >= 15 is 0 Å². The van der Waals surface area contributed by atoms with E-state index in [-0.39, 0.29) is 5.92 Å². The van der Waals surface area contributed by atoms with E-state index in [4.69, 9.17) is 0 Å². The highest BCUT2D eigenvalue weighted by atomic mass is 19.4. The third-order valence-electron chi connectivity index (χ3n) is 1.63. The molecule has 2 nitrogen and oxygen atoms in total. The largest absolute Gasteiger partial charge is 0.471 e. The summed E-state index contributed by atoms with van der Waals surface area (Å²) in [7, 11) is 0. The fourth-order valence-electron chi connectivity index (χ4n) is 1.45. The molecule has 0 fully saturated rings. The minimum Gasteiger partial charge on any atom is -0.343 e. The Morgan fingerprint density at radius 2 is 1.56 bits per heavy atom. The zero-order valence-electron chi connectivity index (χ0n) is 10.8. The van der Waals surface area contributed by atoms with Crippen molar-refractivity contribution in [1.82, 2.24) is 5.32 Å². The average molecular weight is 241 g/mol. The number of carbonyl (C=O) groups excluding carboxylic acids is 1. The number of hydrogen-bond donors (Lipinski definition) is 1. The molecule has 0 saturated heterocycles. The van der Waals surface area contributed by atoms with Crippen LogP contribution in [0.15, 0.2) is 0 Å². The Hall–Kier alpha value is -0.740. The van der Waals surface area contributed by atoms with Crippen molar-refractivity contribution in [1.29, 1.82) is 0 Å². The number of nitrogens with one attached hydrogen (secondary N) is 1. The fourth-order valence-corrected chi connectivity index (χ4v) is 1.45. The summed E-state index contributed by atoms with van der Waals surface area (Å²) in [5.74, 6) is -1.64. The standard InChI is InChI=1S/C9H16F3NO.C2H6/c1-6(2)5-8(3,4)13-7(14)9(10,11)12;1-2/h6H,5H2,1-4H3,(H,13,14);1-2H3. The van der Waals surface area contributed by atoms with Crippen LogP contribution in [0.2, 0.25) is 0 Å². The van der Waals surface area contributed by atoms with Crippen LogP contribution in [0.4, 0.5) is 13.2 Å². The van der Waals surface area contributed by atoms with Crippen LogP contribution in [0.3, 0.4) is 0 Å². The molecule has 0 spiro atoms. The van der Waals surface area contributed by atoms with Gasteiger partial charge in [-0.15, -0.1) is 0 Å². The monoisotopic (exact) mass is 241 g/mol. The lowest BCUT2D eigenvalue weighted by Gasteiger charge is -2.28. The molecule has 16 heavy (non-hydrogen) atoms. The molecule has 1 amide bonds. The van der Waals surface area contributed by atoms with Gasteiger partial charge in [0, 0.05) is 5.54 Å². The van der Waals surface area contributed by atoms with Crippen molar-refractivity contribution in [2.75, 3.05) is 0 Å². The first kappa shape index (κ1) is 17.6. The summed E-state index contributed by atoms with van der Waals surface area (Å²) in [6.07, 6.45) is -4.29. The predicted octanol–water partition coefficient (Wildman–Crippen LogP) is 3.52. The lowest BCUT2D eigenvalue weighted by Crippen LogP contribution is -2.49. The molecule has 0 aliphatic carbocycles. The summed E-state index contributed by atoms with van der Waals surface area (Å²) < 4.78 is 35.7. The maximum absolute atomic E-state index is 11.9. The number of alkyl halides is 3. The highest BCUT2D eigenvalue weighted by molar-refractivity contribution is 5.82. The second-order valence-electron chi connectivity index (χ2n) is 4.43. The second kappa shape index (κ2) is 6.76. The number of rotatable bonds is 3. The summed E-state index contributed by atoms with van der Waals surface area (Å²) >= 11 is 0. The topological polar surface area (TPSA) is 29.1 Å². The van der Waals surface area contributed by atoms with Crippen LogP contribution in [0.5, 0.6) is 0 Å². The number of amides is 1. The van der Waals surface area contributed by atoms with Gasteiger partial charge in [0.2, 0.25) is 0 Å². The Morgan fingerprint density at radius 1 is 1.19 bits per heavy atom. The predicted molar refractivity (Wildman–Crippen MR) is 59.1 cm³/mol. The number of hydrogen-bond acceptors (Lipinski definition) is 1. The zero-order chi connectivity index (χ0) is 13.6. The Kier molecular flexibility index (Phi) is 7.46. The first-order valence-corrected chi connectivity index (χ1v) is 5.44. The molecule has 0 radical (unpaired) electrons. The summed E-state index contributed by atoms with van der Waals surface area (Å²) in [5.41, 5.74) is -0.819. The molecule has 5 heteroatoms. The van der Waals surface area contributed by atoms with Crippen LogP contribution in [-0.2, 0) is 4.79 Å². The smallest absolute Gasteiger partial charge is 0.343 e. The minimum atomic E-state index is -4.80. The first-order valence-electron chi connectivity index (χ1n) is 5.44. The maximum Gasteiger partial charge on any atom is 0.471 e. The average Bonchev–Trinajstić information content (AvgIpc) is 2.02. The van der Waals surface area contributed by atoms with Crippen molar-refractivity contribution in [3.05, 3.63) is 0 Å². The minimum absolute atomic E-state index is 0.235. The molecule has 0 bridgehead atoms. The number of halogens is 3. The molecule has 0 saturated carbocycles. The fraction of sp³-hybridized carbons (Fsp3) is 0.909. The molecule has 1 N–H and O–H groups in total. The van der Waals surface area contributed by atoms with Crippen LogP contribution in [0.1, 0.15) is 48.0 Å². The molecule has 0 rings (SSSR count). The lowest BCUT2D eigenvalue weighted by molar-refractivity contribution is -0.175. The van der Waals surface area contributed by atoms with Crippen molar-refractivity contribution in [3.8, 4) is 0 Å². The lowest BCUT2D eigenvalue weighted by atomic mass is 9.93. The van der Waals surface area contributed by atoms with Gasteiger partial charge in [0.15, 0.2) is 0 Å². The molecule has 0 aromatic rings. The van der Waals surface area contributed by atoms with Gasteiger partial charge in [0.1, 0.15) is 0 Å². The summed E-state index contributed by atoms with van der Waals surface area (Å²) in [4.78, 5) is 10.6. The van der Waals surface area contributed by atoms with E-state index in [0.717, 1.165) is 0 Å². The molecular weight excluding hydrogens is 219 g/mol. The quantitative estimate of drug-likeness (QED) is 0.804. The molecular formula is C11H22F3NO. The highest BCUT2D eigenvalue weighted by Gasteiger charge is 2.41. The van der Waals surface area contributed by atoms with Crippen LogP contribution >= 0.6 is 0 Å². The normalized spacial score (nSPS) is 11.9. The number of carbonyl (C=O) groups is 1. The summed E-state index contributed by atoms with van der Waals surface area (Å²) in [6, 6.07) is 0. The molecule has 0 aromatic carbocycles. The van der Waals surface area contributed by atoms with Gasteiger partial charge < -0.3 is 5.32 Å². The van der Waals surface area contributed by atoms with Gasteiger partial charge in [-0.3, -0.25) is 4.79 Å². The van der Waals surface area contributed by atoms with E-state index < -0.39 is 17.6 Å². The van der Waals surface area contributed by atoms with E-state index in [1.807, 2.05) is 33.0 Å².